The van der Waals surface area contributed by atoms with Crippen molar-refractivity contribution in [1.82, 2.24) is 4.98 Å². The first-order valence-corrected chi connectivity index (χ1v) is 7.17. The molecule has 1 heterocycles. The summed E-state index contributed by atoms with van der Waals surface area (Å²) in [6, 6.07) is 5.55. The number of nitriles is 1. The second kappa shape index (κ2) is 5.59. The van der Waals surface area contributed by atoms with Gasteiger partial charge >= 0.3 is 0 Å². The summed E-state index contributed by atoms with van der Waals surface area (Å²) in [5.41, 5.74) is -0.148. The van der Waals surface area contributed by atoms with Crippen molar-refractivity contribution in [2.24, 2.45) is 0 Å². The van der Waals surface area contributed by atoms with E-state index in [4.69, 9.17) is 5.26 Å². The van der Waals surface area contributed by atoms with Crippen LogP contribution in [-0.4, -0.2) is 33.2 Å². The van der Waals surface area contributed by atoms with Gasteiger partial charge in [0.25, 0.3) is 0 Å². The van der Waals surface area contributed by atoms with Crippen molar-refractivity contribution in [3.8, 4) is 6.07 Å². The number of nitrogens with one attached hydrogen (secondary N) is 1. The molecule has 0 radical (unpaired) electrons. The topological polar surface area (TPSA) is 68.9 Å². The van der Waals surface area contributed by atoms with Crippen LogP contribution in [0.5, 0.6) is 0 Å². The van der Waals surface area contributed by atoms with Gasteiger partial charge in [0.05, 0.1) is 11.2 Å². The molecule has 1 saturated carbocycles. The molecule has 0 spiro atoms. The molecule has 0 amide bonds. The third-order valence-electron chi connectivity index (χ3n) is 3.30. The predicted molar refractivity (Wildman–Crippen MR) is 73.5 cm³/mol. The van der Waals surface area contributed by atoms with Crippen LogP contribution >= 0.6 is 11.8 Å². The highest BCUT2D eigenvalue weighted by molar-refractivity contribution is 8.00. The molecule has 1 aromatic rings. The van der Waals surface area contributed by atoms with Crippen molar-refractivity contribution in [1.29, 1.82) is 5.26 Å². The normalized spacial score (nSPS) is 26.2. The molecule has 2 unspecified atom stereocenters. The number of thioether (sulfide) groups is 1. The Labute approximate surface area is 111 Å². The smallest absolute Gasteiger partial charge is 0.143 e. The minimum absolute atomic E-state index is 0.296. The molecule has 5 heteroatoms. The van der Waals surface area contributed by atoms with E-state index in [1.807, 2.05) is 0 Å². The Bertz CT molecular complexity index is 460. The lowest BCUT2D eigenvalue weighted by Crippen LogP contribution is -2.54. The summed E-state index contributed by atoms with van der Waals surface area (Å²) in [6.07, 6.45) is 3.52. The molecule has 1 aliphatic rings. The van der Waals surface area contributed by atoms with Crippen molar-refractivity contribution in [3.63, 3.8) is 0 Å². The fourth-order valence-corrected chi connectivity index (χ4v) is 3.31. The van der Waals surface area contributed by atoms with Crippen LogP contribution in [0.4, 0.5) is 5.82 Å². The molecular weight excluding hydrogens is 246 g/mol. The first kappa shape index (κ1) is 13.2. The number of aliphatic hydroxyl groups is 1. The summed E-state index contributed by atoms with van der Waals surface area (Å²) in [5.74, 6) is 1.57. The maximum Gasteiger partial charge on any atom is 0.143 e. The second-order valence-corrected chi connectivity index (χ2v) is 5.93. The maximum absolute atomic E-state index is 10.4. The Morgan fingerprint density at radius 2 is 2.56 bits per heavy atom. The Hall–Kier alpha value is -1.25. The Morgan fingerprint density at radius 1 is 1.72 bits per heavy atom. The number of anilines is 1. The second-order valence-electron chi connectivity index (χ2n) is 4.45. The van der Waals surface area contributed by atoms with Gasteiger partial charge in [-0.1, -0.05) is 6.92 Å². The fourth-order valence-electron chi connectivity index (χ4n) is 2.11. The first-order valence-electron chi connectivity index (χ1n) is 6.12. The van der Waals surface area contributed by atoms with Crippen molar-refractivity contribution < 1.29 is 5.11 Å². The first-order chi connectivity index (χ1) is 8.69. The SMILES string of the molecule is CCSC1CCC1(O)CNc1ncccc1C#N. The van der Waals surface area contributed by atoms with Gasteiger partial charge in [-0.2, -0.15) is 17.0 Å². The van der Waals surface area contributed by atoms with Gasteiger partial charge in [0, 0.05) is 18.0 Å². The summed E-state index contributed by atoms with van der Waals surface area (Å²) in [5, 5.41) is 22.8. The number of hydrogen-bond acceptors (Lipinski definition) is 5. The van der Waals surface area contributed by atoms with Crippen molar-refractivity contribution in [2.45, 2.75) is 30.6 Å². The van der Waals surface area contributed by atoms with Gasteiger partial charge in [0.2, 0.25) is 0 Å². The lowest BCUT2D eigenvalue weighted by Gasteiger charge is -2.45. The van der Waals surface area contributed by atoms with Crippen molar-refractivity contribution in [2.75, 3.05) is 17.6 Å². The van der Waals surface area contributed by atoms with Crippen LogP contribution in [0.2, 0.25) is 0 Å². The van der Waals surface area contributed by atoms with Crippen LogP contribution in [0.1, 0.15) is 25.3 Å². The summed E-state index contributed by atoms with van der Waals surface area (Å²) in [7, 11) is 0. The average Bonchev–Trinajstić information content (AvgIpc) is 2.41. The predicted octanol–water partition coefficient (Wildman–Crippen LogP) is 2.01. The van der Waals surface area contributed by atoms with E-state index in [-0.39, 0.29) is 0 Å². The standard InChI is InChI=1S/C13H17N3OS/c1-2-18-11-5-6-13(11,17)9-16-12-10(8-14)4-3-7-15-12/h3-4,7,11,17H,2,5-6,9H2,1H3,(H,15,16). The van der Waals surface area contributed by atoms with E-state index in [2.05, 4.69) is 23.3 Å². The van der Waals surface area contributed by atoms with Crippen molar-refractivity contribution in [3.05, 3.63) is 23.9 Å². The van der Waals surface area contributed by atoms with E-state index in [0.717, 1.165) is 18.6 Å². The van der Waals surface area contributed by atoms with Gasteiger partial charge in [-0.25, -0.2) is 4.98 Å². The highest BCUT2D eigenvalue weighted by atomic mass is 32.2. The maximum atomic E-state index is 10.4. The highest BCUT2D eigenvalue weighted by Crippen LogP contribution is 2.41. The van der Waals surface area contributed by atoms with Crippen LogP contribution in [0.15, 0.2) is 18.3 Å². The molecule has 0 aromatic carbocycles. The largest absolute Gasteiger partial charge is 0.387 e. The third-order valence-corrected chi connectivity index (χ3v) is 4.71. The zero-order valence-electron chi connectivity index (χ0n) is 10.4. The lowest BCUT2D eigenvalue weighted by molar-refractivity contribution is -0.0120. The molecule has 0 aliphatic heterocycles. The Morgan fingerprint density at radius 3 is 3.17 bits per heavy atom. The molecule has 2 rings (SSSR count). The van der Waals surface area contributed by atoms with Gasteiger partial charge in [-0.3, -0.25) is 0 Å². The molecule has 0 saturated heterocycles. The summed E-state index contributed by atoms with van der Waals surface area (Å²) in [4.78, 5) is 4.13. The van der Waals surface area contributed by atoms with E-state index < -0.39 is 5.60 Å². The van der Waals surface area contributed by atoms with Gasteiger partial charge < -0.3 is 10.4 Å². The Balaban J connectivity index is 1.97. The van der Waals surface area contributed by atoms with E-state index in [1.54, 1.807) is 30.1 Å². The van der Waals surface area contributed by atoms with Crippen LogP contribution in [0.3, 0.4) is 0 Å². The zero-order valence-corrected chi connectivity index (χ0v) is 11.2. The molecule has 1 aromatic heterocycles. The molecule has 1 fully saturated rings. The van der Waals surface area contributed by atoms with Crippen LogP contribution in [0, 0.1) is 11.3 Å². The van der Waals surface area contributed by atoms with Crippen LogP contribution in [0.25, 0.3) is 0 Å². The minimum atomic E-state index is -0.662. The quantitative estimate of drug-likeness (QED) is 0.850. The van der Waals surface area contributed by atoms with Crippen molar-refractivity contribution >= 4 is 17.6 Å². The highest BCUT2D eigenvalue weighted by Gasteiger charge is 2.45. The number of hydrogen-bond donors (Lipinski definition) is 2. The summed E-state index contributed by atoms with van der Waals surface area (Å²) >= 11 is 1.79. The monoisotopic (exact) mass is 263 g/mol. The number of rotatable bonds is 5. The van der Waals surface area contributed by atoms with Crippen LogP contribution < -0.4 is 5.32 Å². The number of aromatic nitrogens is 1. The van der Waals surface area contributed by atoms with Gasteiger partial charge in [0.1, 0.15) is 11.9 Å². The van der Waals surface area contributed by atoms with E-state index in [1.165, 1.54) is 0 Å². The van der Waals surface area contributed by atoms with Gasteiger partial charge in [-0.15, -0.1) is 0 Å². The van der Waals surface area contributed by atoms with E-state index in [9.17, 15) is 5.11 Å². The third kappa shape index (κ3) is 2.60. The molecule has 18 heavy (non-hydrogen) atoms. The average molecular weight is 263 g/mol. The van der Waals surface area contributed by atoms with Gasteiger partial charge in [-0.05, 0) is 30.7 Å². The molecular formula is C13H17N3OS. The summed E-state index contributed by atoms with van der Waals surface area (Å²) < 4.78 is 0. The molecule has 4 nitrogen and oxygen atoms in total. The lowest BCUT2D eigenvalue weighted by atomic mass is 9.79. The fraction of sp³-hybridized carbons (Fsp3) is 0.538. The Kier molecular flexibility index (Phi) is 4.10. The molecule has 1 aliphatic carbocycles. The van der Waals surface area contributed by atoms with Gasteiger partial charge in [0.15, 0.2) is 0 Å². The molecule has 96 valence electrons. The van der Waals surface area contributed by atoms with E-state index >= 15 is 0 Å². The number of pyridine rings is 1. The molecule has 0 bridgehead atoms. The molecule has 2 atom stereocenters. The van der Waals surface area contributed by atoms with Crippen LogP contribution in [-0.2, 0) is 0 Å². The number of nitrogens with zero attached hydrogens (tertiary/aromatic N) is 2. The molecule has 2 N–H and O–H groups in total. The summed E-state index contributed by atoms with van der Waals surface area (Å²) in [6.45, 7) is 2.56. The zero-order chi connectivity index (χ0) is 13.0. The van der Waals surface area contributed by atoms with E-state index in [0.29, 0.717) is 23.2 Å². The minimum Gasteiger partial charge on any atom is -0.387 e.